The molecule has 2 fully saturated rings. The number of oxazole rings is 1. The summed E-state index contributed by atoms with van der Waals surface area (Å²) in [6.07, 6.45) is 8.50. The van der Waals surface area contributed by atoms with E-state index in [4.69, 9.17) is 30.8 Å². The van der Waals surface area contributed by atoms with Crippen molar-refractivity contribution in [3.8, 4) is 33.3 Å². The Morgan fingerprint density at radius 1 is 0.917 bits per heavy atom. The summed E-state index contributed by atoms with van der Waals surface area (Å²) in [4.78, 5) is 59.1. The summed E-state index contributed by atoms with van der Waals surface area (Å²) in [5.41, 5.74) is 8.16. The monoisotopic (exact) mass is 1010 g/mol. The zero-order chi connectivity index (χ0) is 50.5. The maximum Gasteiger partial charge on any atom is 0.248 e. The molecule has 18 heteroatoms. The second-order valence-corrected chi connectivity index (χ2v) is 21.5. The molecule has 16 nitrogen and oxygen atoms in total. The van der Waals surface area contributed by atoms with Crippen molar-refractivity contribution in [2.75, 3.05) is 6.54 Å². The smallest absolute Gasteiger partial charge is 0.248 e. The van der Waals surface area contributed by atoms with Crippen molar-refractivity contribution >= 4 is 46.4 Å². The van der Waals surface area contributed by atoms with E-state index in [1.165, 1.54) is 11.3 Å². The van der Waals surface area contributed by atoms with Gasteiger partial charge in [-0.05, 0) is 87.8 Å². The zero-order valence-corrected chi connectivity index (χ0v) is 43.2. The van der Waals surface area contributed by atoms with E-state index in [1.807, 2.05) is 106 Å². The molecule has 1 aliphatic carbocycles. The highest BCUT2D eigenvalue weighted by atomic mass is 35.5. The second kappa shape index (κ2) is 19.9. The van der Waals surface area contributed by atoms with Gasteiger partial charge in [0.15, 0.2) is 18.0 Å². The van der Waals surface area contributed by atoms with Crippen LogP contribution in [0.25, 0.3) is 27.5 Å². The number of hydrogen-bond donors (Lipinski definition) is 2. The predicted octanol–water partition coefficient (Wildman–Crippen LogP) is 9.45. The third-order valence-electron chi connectivity index (χ3n) is 14.2. The zero-order valence-electron chi connectivity index (χ0n) is 41.6. The van der Waals surface area contributed by atoms with Gasteiger partial charge >= 0.3 is 0 Å². The van der Waals surface area contributed by atoms with Crippen LogP contribution in [-0.4, -0.2) is 87.6 Å². The number of rotatable bonds is 14. The highest BCUT2D eigenvalue weighted by molar-refractivity contribution is 7.15. The fourth-order valence-electron chi connectivity index (χ4n) is 10.1. The average Bonchev–Trinajstić information content (AvgIpc) is 4.19. The molecule has 3 amide bonds. The number of aromatic nitrogens is 7. The van der Waals surface area contributed by atoms with Crippen molar-refractivity contribution in [3.63, 3.8) is 0 Å². The quantitative estimate of drug-likeness (QED) is 0.106. The fraction of sp³-hybridized carbons (Fsp3) is 0.389. The summed E-state index contributed by atoms with van der Waals surface area (Å²) >= 11 is 7.96. The van der Waals surface area contributed by atoms with Gasteiger partial charge in [0.1, 0.15) is 35.1 Å². The normalized spacial score (nSPS) is 20.2. The van der Waals surface area contributed by atoms with Gasteiger partial charge in [-0.2, -0.15) is 5.10 Å². The minimum atomic E-state index is -0.631. The molecular weight excluding hydrogens is 950 g/mol. The molecule has 10 rings (SSSR count). The number of halogens is 1. The summed E-state index contributed by atoms with van der Waals surface area (Å²) in [6.45, 7) is 16.5. The van der Waals surface area contributed by atoms with E-state index in [0.717, 1.165) is 61.2 Å². The number of nitrogens with one attached hydrogen (secondary N) is 2. The Morgan fingerprint density at radius 3 is 2.39 bits per heavy atom. The van der Waals surface area contributed by atoms with Crippen LogP contribution in [0.5, 0.6) is 5.88 Å². The topological polar surface area (TPSA) is 188 Å². The Labute approximate surface area is 427 Å². The maximum absolute atomic E-state index is 14.5. The van der Waals surface area contributed by atoms with Crippen LogP contribution in [-0.2, 0) is 14.4 Å². The average molecular weight is 1010 g/mol. The fourth-order valence-corrected chi connectivity index (χ4v) is 11.5. The van der Waals surface area contributed by atoms with Crippen LogP contribution in [0.2, 0.25) is 5.02 Å². The van der Waals surface area contributed by atoms with E-state index in [2.05, 4.69) is 51.6 Å². The molecule has 7 aromatic rings. The Hall–Kier alpha value is -6.98. The van der Waals surface area contributed by atoms with Gasteiger partial charge in [-0.3, -0.25) is 28.6 Å². The van der Waals surface area contributed by atoms with Gasteiger partial charge in [-0.25, -0.2) is 9.97 Å². The van der Waals surface area contributed by atoms with E-state index in [1.54, 1.807) is 33.3 Å². The Bertz CT molecular complexity index is 3190. The van der Waals surface area contributed by atoms with Crippen LogP contribution in [0.3, 0.4) is 0 Å². The van der Waals surface area contributed by atoms with Crippen molar-refractivity contribution in [3.05, 3.63) is 135 Å². The molecule has 2 N–H and O–H groups in total. The van der Waals surface area contributed by atoms with Crippen molar-refractivity contribution in [2.24, 2.45) is 16.8 Å². The SMILES string of the molecule is Cc1ncoc1-c1ccc([C@H](C)NC(=O)[C@@H]2C[C@@H](C)CN2C(=O)[C@H](C(C)C)n2cc(-c3ccnc(OC4CC(NC(=O)C[C@@H]5N=C(c6ccc(Cl)cc6)c6c(sc(C)c6C)-n6c(C)nnc65)C4)c3)cn2)cc1. The van der Waals surface area contributed by atoms with Gasteiger partial charge in [-0.1, -0.05) is 68.8 Å². The summed E-state index contributed by atoms with van der Waals surface area (Å²) in [5, 5.41) is 21.7. The molecule has 5 aromatic heterocycles. The molecule has 0 radical (unpaired) electrons. The van der Waals surface area contributed by atoms with Gasteiger partial charge < -0.3 is 24.7 Å². The molecular formula is C54H58ClN11O5S. The molecule has 7 heterocycles. The van der Waals surface area contributed by atoms with E-state index < -0.39 is 18.1 Å². The van der Waals surface area contributed by atoms with E-state index in [-0.39, 0.29) is 54.2 Å². The number of nitrogens with zero attached hydrogens (tertiary/aromatic N) is 9. The van der Waals surface area contributed by atoms with Crippen molar-refractivity contribution in [1.82, 2.24) is 50.0 Å². The van der Waals surface area contributed by atoms with Gasteiger partial charge in [0.05, 0.1) is 30.1 Å². The number of thiophene rings is 1. The number of pyridine rings is 1. The summed E-state index contributed by atoms with van der Waals surface area (Å²) in [7, 11) is 0. The first kappa shape index (κ1) is 48.6. The molecule has 0 bridgehead atoms. The third-order valence-corrected chi connectivity index (χ3v) is 15.6. The molecule has 1 saturated carbocycles. The van der Waals surface area contributed by atoms with Gasteiger partial charge in [-0.15, -0.1) is 21.5 Å². The van der Waals surface area contributed by atoms with E-state index >= 15 is 0 Å². The molecule has 0 spiro atoms. The lowest BCUT2D eigenvalue weighted by atomic mass is 9.89. The summed E-state index contributed by atoms with van der Waals surface area (Å²) < 4.78 is 15.6. The highest BCUT2D eigenvalue weighted by Gasteiger charge is 2.42. The van der Waals surface area contributed by atoms with Crippen LogP contribution >= 0.6 is 22.9 Å². The lowest BCUT2D eigenvalue weighted by Crippen LogP contribution is -2.49. The molecule has 372 valence electrons. The number of fused-ring (bicyclic) bond motifs is 3. The maximum atomic E-state index is 14.5. The van der Waals surface area contributed by atoms with E-state index in [0.29, 0.717) is 48.3 Å². The van der Waals surface area contributed by atoms with Gasteiger partial charge in [0.25, 0.3) is 0 Å². The first-order chi connectivity index (χ1) is 34.6. The Balaban J connectivity index is 0.762. The van der Waals surface area contributed by atoms with Crippen molar-refractivity contribution in [1.29, 1.82) is 0 Å². The number of carbonyl (C=O) groups excluding carboxylic acids is 3. The molecule has 2 aliphatic heterocycles. The minimum absolute atomic E-state index is 0.0769. The molecule has 5 atom stereocenters. The Morgan fingerprint density at radius 2 is 1.67 bits per heavy atom. The van der Waals surface area contributed by atoms with Crippen LogP contribution in [0.4, 0.5) is 0 Å². The van der Waals surface area contributed by atoms with E-state index in [9.17, 15) is 14.4 Å². The lowest BCUT2D eigenvalue weighted by molar-refractivity contribution is -0.142. The number of likely N-dealkylation sites (tertiary alicyclic amines) is 1. The predicted molar refractivity (Wildman–Crippen MR) is 275 cm³/mol. The van der Waals surface area contributed by atoms with Crippen molar-refractivity contribution < 1.29 is 23.5 Å². The third kappa shape index (κ3) is 9.59. The summed E-state index contributed by atoms with van der Waals surface area (Å²) in [6, 6.07) is 17.1. The Kier molecular flexibility index (Phi) is 13.4. The molecule has 1 saturated heterocycles. The summed E-state index contributed by atoms with van der Waals surface area (Å²) in [5.74, 6) is 2.12. The number of aliphatic imine (C=N–C) groups is 1. The number of amides is 3. The van der Waals surface area contributed by atoms with Crippen molar-refractivity contribution in [2.45, 2.75) is 117 Å². The molecule has 0 unspecified atom stereocenters. The van der Waals surface area contributed by atoms with Crippen LogP contribution in [0.1, 0.15) is 116 Å². The molecule has 72 heavy (non-hydrogen) atoms. The number of benzene rings is 2. The second-order valence-electron chi connectivity index (χ2n) is 19.8. The van der Waals surface area contributed by atoms with Gasteiger partial charge in [0.2, 0.25) is 23.6 Å². The number of ether oxygens (including phenoxy) is 1. The number of carbonyl (C=O) groups is 3. The van der Waals surface area contributed by atoms with Gasteiger partial charge in [0, 0.05) is 76.0 Å². The van der Waals surface area contributed by atoms with Crippen LogP contribution < -0.4 is 15.4 Å². The number of hydrogen-bond acceptors (Lipinski definition) is 12. The van der Waals surface area contributed by atoms with Crippen LogP contribution in [0, 0.1) is 39.5 Å². The number of aryl methyl sites for hydroxylation is 3. The standard InChI is InChI=1S/C54H58ClN11O5S/c1-28(2)49(53(69)64-25-29(3)19-44(64)52(68)59-31(5)35-9-11-37(12-10-35)50-32(6)57-27-70-50)65-26-39(24-58-65)38-17-18-56-46(20-38)71-42-21-41(22-42)60-45(67)23-43-51-63-62-34(8)66(51)54-47(30(4)33(7)72-54)48(61-43)36-13-15-40(55)16-14-36/h9-18,20,24,26-29,31,41-44,49H,19,21-23,25H2,1-8H3,(H,59,68)(H,60,67)/t29-,31+,41?,42?,43+,44+,49+/m1/s1. The highest BCUT2D eigenvalue weighted by Crippen LogP contribution is 2.40. The first-order valence-corrected chi connectivity index (χ1v) is 25.7. The molecule has 2 aromatic carbocycles. The largest absolute Gasteiger partial charge is 0.474 e. The minimum Gasteiger partial charge on any atom is -0.474 e. The lowest BCUT2D eigenvalue weighted by Gasteiger charge is -2.35. The first-order valence-electron chi connectivity index (χ1n) is 24.5. The van der Waals surface area contributed by atoms with Crippen LogP contribution in [0.15, 0.2) is 95.1 Å². The molecule has 3 aliphatic rings.